The number of aromatic nitrogens is 2. The van der Waals surface area contributed by atoms with E-state index < -0.39 is 16.8 Å². The highest BCUT2D eigenvalue weighted by Crippen LogP contribution is 2.25. The molecular formula is C19H15ClN4O5. The summed E-state index contributed by atoms with van der Waals surface area (Å²) in [5.41, 5.74) is 1.25. The minimum absolute atomic E-state index is 0.0522. The second-order valence-corrected chi connectivity index (χ2v) is 6.36. The zero-order chi connectivity index (χ0) is 21.0. The third kappa shape index (κ3) is 4.58. The number of rotatable bonds is 6. The van der Waals surface area contributed by atoms with Crippen molar-refractivity contribution < 1.29 is 19.2 Å². The van der Waals surface area contributed by atoms with Crippen LogP contribution in [0, 0.1) is 10.1 Å². The lowest BCUT2D eigenvalue weighted by atomic mass is 10.1. The molecule has 1 N–H and O–H groups in total. The fraction of sp³-hybridized carbons (Fsp3) is 0.105. The molecule has 3 aromatic rings. The molecule has 0 aliphatic heterocycles. The second-order valence-electron chi connectivity index (χ2n) is 5.95. The zero-order valence-corrected chi connectivity index (χ0v) is 15.9. The lowest BCUT2D eigenvalue weighted by Crippen LogP contribution is -2.12. The molecular weight excluding hydrogens is 400 g/mol. The molecule has 29 heavy (non-hydrogen) atoms. The van der Waals surface area contributed by atoms with E-state index in [-0.39, 0.29) is 22.8 Å². The first-order chi connectivity index (χ1) is 13.9. The molecule has 0 saturated heterocycles. The molecule has 1 aromatic heterocycles. The molecule has 0 spiro atoms. The van der Waals surface area contributed by atoms with Crippen molar-refractivity contribution in [1.82, 2.24) is 9.78 Å². The molecule has 0 bridgehead atoms. The topological polar surface area (TPSA) is 116 Å². The van der Waals surface area contributed by atoms with Crippen LogP contribution in [0.15, 0.2) is 54.9 Å². The van der Waals surface area contributed by atoms with E-state index in [2.05, 4.69) is 10.4 Å². The number of carbonyl (C=O) groups is 2. The number of ether oxygens (including phenoxy) is 1. The van der Waals surface area contributed by atoms with Crippen LogP contribution in [0.3, 0.4) is 0 Å². The van der Waals surface area contributed by atoms with Crippen molar-refractivity contribution in [3.8, 4) is 0 Å². The molecule has 0 fully saturated rings. The molecule has 0 radical (unpaired) electrons. The number of benzene rings is 2. The Balaban J connectivity index is 1.75. The molecule has 3 rings (SSSR count). The van der Waals surface area contributed by atoms with Crippen LogP contribution in [-0.2, 0) is 11.3 Å². The highest BCUT2D eigenvalue weighted by atomic mass is 35.5. The van der Waals surface area contributed by atoms with Gasteiger partial charge in [-0.25, -0.2) is 4.79 Å². The highest BCUT2D eigenvalue weighted by molar-refractivity contribution is 6.32. The van der Waals surface area contributed by atoms with E-state index in [4.69, 9.17) is 16.3 Å². The van der Waals surface area contributed by atoms with E-state index in [9.17, 15) is 19.7 Å². The summed E-state index contributed by atoms with van der Waals surface area (Å²) < 4.78 is 6.32. The van der Waals surface area contributed by atoms with Crippen LogP contribution < -0.4 is 5.32 Å². The van der Waals surface area contributed by atoms with Gasteiger partial charge in [-0.3, -0.25) is 19.6 Å². The largest absolute Gasteiger partial charge is 0.465 e. The number of nitrogens with zero attached hydrogens (tertiary/aromatic N) is 3. The van der Waals surface area contributed by atoms with E-state index in [0.29, 0.717) is 16.8 Å². The third-order valence-electron chi connectivity index (χ3n) is 4.05. The number of hydrogen-bond donors (Lipinski definition) is 1. The average molecular weight is 415 g/mol. The van der Waals surface area contributed by atoms with Crippen LogP contribution in [0.2, 0.25) is 5.02 Å². The Morgan fingerprint density at radius 1 is 1.28 bits per heavy atom. The first-order valence-corrected chi connectivity index (χ1v) is 8.71. The van der Waals surface area contributed by atoms with Crippen molar-refractivity contribution in [3.05, 3.63) is 86.7 Å². The first kappa shape index (κ1) is 20.0. The van der Waals surface area contributed by atoms with Crippen molar-refractivity contribution in [2.24, 2.45) is 0 Å². The van der Waals surface area contributed by atoms with Crippen molar-refractivity contribution in [2.75, 3.05) is 12.4 Å². The minimum atomic E-state index is -0.657. The molecule has 1 heterocycles. The van der Waals surface area contributed by atoms with Crippen LogP contribution in [-0.4, -0.2) is 33.7 Å². The van der Waals surface area contributed by atoms with Gasteiger partial charge in [0, 0.05) is 17.8 Å². The Morgan fingerprint density at radius 3 is 2.76 bits per heavy atom. The van der Waals surface area contributed by atoms with E-state index in [1.54, 1.807) is 35.1 Å². The highest BCUT2D eigenvalue weighted by Gasteiger charge is 2.17. The lowest BCUT2D eigenvalue weighted by Gasteiger charge is -2.07. The van der Waals surface area contributed by atoms with Gasteiger partial charge in [0.15, 0.2) is 0 Å². The third-order valence-corrected chi connectivity index (χ3v) is 4.37. The molecule has 2 aromatic carbocycles. The van der Waals surface area contributed by atoms with Crippen molar-refractivity contribution in [1.29, 1.82) is 0 Å². The fourth-order valence-corrected chi connectivity index (χ4v) is 2.84. The number of anilines is 1. The number of esters is 1. The number of halogens is 1. The zero-order valence-electron chi connectivity index (χ0n) is 15.2. The number of nitrogens with one attached hydrogen (secondary N) is 1. The molecule has 1 amide bonds. The Morgan fingerprint density at radius 2 is 2.03 bits per heavy atom. The maximum atomic E-state index is 12.4. The minimum Gasteiger partial charge on any atom is -0.465 e. The fourth-order valence-electron chi connectivity index (χ4n) is 2.65. The average Bonchev–Trinajstić information content (AvgIpc) is 3.14. The van der Waals surface area contributed by atoms with Gasteiger partial charge in [0.05, 0.1) is 36.0 Å². The monoisotopic (exact) mass is 414 g/mol. The van der Waals surface area contributed by atoms with Crippen LogP contribution in [0.5, 0.6) is 0 Å². The number of hydrogen-bond acceptors (Lipinski definition) is 6. The Bertz CT molecular complexity index is 1100. The van der Waals surface area contributed by atoms with E-state index in [0.717, 1.165) is 6.07 Å². The second kappa shape index (κ2) is 8.53. The summed E-state index contributed by atoms with van der Waals surface area (Å²) in [5, 5.41) is 17.7. The van der Waals surface area contributed by atoms with Crippen molar-refractivity contribution >= 4 is 34.9 Å². The Kier molecular flexibility index (Phi) is 5.89. The maximum Gasteiger partial charge on any atom is 0.338 e. The van der Waals surface area contributed by atoms with Gasteiger partial charge < -0.3 is 10.1 Å². The number of nitro benzene ring substituents is 1. The predicted molar refractivity (Wildman–Crippen MR) is 105 cm³/mol. The molecule has 0 saturated carbocycles. The number of methoxy groups -OCH3 is 1. The smallest absolute Gasteiger partial charge is 0.338 e. The summed E-state index contributed by atoms with van der Waals surface area (Å²) in [6, 6.07) is 10.7. The molecule has 0 atom stereocenters. The summed E-state index contributed by atoms with van der Waals surface area (Å²) >= 11 is 5.76. The number of nitro groups is 1. The van der Waals surface area contributed by atoms with Crippen LogP contribution in [0.4, 0.5) is 11.4 Å². The predicted octanol–water partition coefficient (Wildman–Crippen LogP) is 3.53. The lowest BCUT2D eigenvalue weighted by molar-refractivity contribution is -0.384. The summed E-state index contributed by atoms with van der Waals surface area (Å²) in [6.45, 7) is 0.285. The van der Waals surface area contributed by atoms with Gasteiger partial charge >= 0.3 is 5.97 Å². The van der Waals surface area contributed by atoms with Crippen molar-refractivity contribution in [2.45, 2.75) is 6.54 Å². The van der Waals surface area contributed by atoms with Gasteiger partial charge in [-0.2, -0.15) is 5.10 Å². The molecule has 10 heteroatoms. The van der Waals surface area contributed by atoms with E-state index in [1.165, 1.54) is 25.4 Å². The van der Waals surface area contributed by atoms with Gasteiger partial charge in [-0.15, -0.1) is 0 Å². The normalized spacial score (nSPS) is 10.4. The van der Waals surface area contributed by atoms with Crippen LogP contribution >= 0.6 is 11.6 Å². The van der Waals surface area contributed by atoms with Gasteiger partial charge in [-0.1, -0.05) is 29.8 Å². The Hall–Kier alpha value is -3.72. The summed E-state index contributed by atoms with van der Waals surface area (Å²) in [7, 11) is 1.31. The molecule has 148 valence electrons. The molecule has 9 nitrogen and oxygen atoms in total. The van der Waals surface area contributed by atoms with Crippen LogP contribution in [0.1, 0.15) is 26.3 Å². The summed E-state index contributed by atoms with van der Waals surface area (Å²) in [4.78, 5) is 34.6. The quantitative estimate of drug-likeness (QED) is 0.374. The molecule has 0 aliphatic rings. The number of amides is 1. The standard InChI is InChI=1S/C19H15ClN4O5/c1-29-19(26)15-5-3-2-4-13(15)10-23-11-14(9-21-23)22-18(25)12-6-7-16(20)17(8-12)24(27)28/h2-9,11H,10H2,1H3,(H,22,25). The first-order valence-electron chi connectivity index (χ1n) is 8.33. The van der Waals surface area contributed by atoms with Gasteiger partial charge in [0.2, 0.25) is 0 Å². The molecule has 0 unspecified atom stereocenters. The van der Waals surface area contributed by atoms with E-state index >= 15 is 0 Å². The SMILES string of the molecule is COC(=O)c1ccccc1Cn1cc(NC(=O)c2ccc(Cl)c([N+](=O)[O-])c2)cn1. The maximum absolute atomic E-state index is 12.4. The Labute approximate surface area is 170 Å². The van der Waals surface area contributed by atoms with Gasteiger partial charge in [0.1, 0.15) is 5.02 Å². The molecule has 0 aliphatic carbocycles. The van der Waals surface area contributed by atoms with Crippen molar-refractivity contribution in [3.63, 3.8) is 0 Å². The van der Waals surface area contributed by atoms with Gasteiger partial charge in [-0.05, 0) is 23.8 Å². The van der Waals surface area contributed by atoms with Crippen LogP contribution in [0.25, 0.3) is 0 Å². The van der Waals surface area contributed by atoms with E-state index in [1.807, 2.05) is 0 Å². The van der Waals surface area contributed by atoms with Gasteiger partial charge in [0.25, 0.3) is 11.6 Å². The summed E-state index contributed by atoms with van der Waals surface area (Å²) in [5.74, 6) is -0.995. The summed E-state index contributed by atoms with van der Waals surface area (Å²) in [6.07, 6.45) is 3.01. The number of carbonyl (C=O) groups excluding carboxylic acids is 2.